The number of benzene rings is 2. The predicted molar refractivity (Wildman–Crippen MR) is 304 cm³/mol. The summed E-state index contributed by atoms with van der Waals surface area (Å²) in [6.45, 7) is 9.66. The van der Waals surface area contributed by atoms with Crippen LogP contribution in [0.4, 0.5) is 20.3 Å². The van der Waals surface area contributed by atoms with Gasteiger partial charge in [0.25, 0.3) is 17.4 Å². The zero-order chi connectivity index (χ0) is 57.4. The SMILES string of the molecule is Cc1ncsc1-c1ccc([C@]2(C)NC([C@@H]3C[C@@H](O)CN3C(=O)C(NC(=O)CCCCCCCCCCNC(=O)c3cc4c(cc3CS(C)(=O)=O)-c3cn(C)c(=O)c5[nH]cc(c35)CN4c3ncc(F)cc3F)C(C)(C)C)=NC2=O)cc1. The normalized spacial score (nSPS) is 18.5. The molecule has 0 spiro atoms. The number of hydrogen-bond acceptors (Lipinski definition) is 13. The van der Waals surface area contributed by atoms with E-state index in [0.29, 0.717) is 70.1 Å². The molecule has 3 aliphatic heterocycles. The molecular weight excluding hydrogens is 1070 g/mol. The highest BCUT2D eigenvalue weighted by Crippen LogP contribution is 2.45. The van der Waals surface area contributed by atoms with Crippen molar-refractivity contribution in [3.63, 3.8) is 0 Å². The number of aromatic nitrogens is 4. The van der Waals surface area contributed by atoms with E-state index in [2.05, 4.69) is 35.9 Å². The minimum absolute atomic E-state index is 0.00744. The lowest BCUT2D eigenvalue weighted by Crippen LogP contribution is -2.58. The number of aliphatic hydroxyl groups excluding tert-OH is 1. The summed E-state index contributed by atoms with van der Waals surface area (Å²) in [5, 5.41) is 20.7. The lowest BCUT2D eigenvalue weighted by molar-refractivity contribution is -0.139. The third-order valence-electron chi connectivity index (χ3n) is 15.3. The van der Waals surface area contributed by atoms with Gasteiger partial charge in [-0.1, -0.05) is 83.6 Å². The molecule has 4 atom stereocenters. The number of sulfone groups is 1. The average molecular weight is 1140 g/mol. The number of amidine groups is 1. The molecular formula is C58H68F2N10O8S2. The first-order valence-electron chi connectivity index (χ1n) is 27.0. The molecule has 4 amide bonds. The smallest absolute Gasteiger partial charge is 0.277 e. The van der Waals surface area contributed by atoms with E-state index in [0.717, 1.165) is 67.1 Å². The van der Waals surface area contributed by atoms with E-state index in [1.165, 1.54) is 20.4 Å². The summed E-state index contributed by atoms with van der Waals surface area (Å²) in [6.07, 6.45) is 11.3. The molecule has 1 saturated heterocycles. The molecule has 0 aliphatic carbocycles. The Morgan fingerprint density at radius 1 is 0.975 bits per heavy atom. The second-order valence-electron chi connectivity index (χ2n) is 22.7. The number of aryl methyl sites for hydroxylation is 2. The van der Waals surface area contributed by atoms with E-state index in [4.69, 9.17) is 0 Å². The number of nitrogens with one attached hydrogen (secondary N) is 4. The molecule has 6 aromatic rings. The zero-order valence-electron chi connectivity index (χ0n) is 46.0. The van der Waals surface area contributed by atoms with Crippen molar-refractivity contribution in [3.05, 3.63) is 117 Å². The number of likely N-dealkylation sites (tertiary alicyclic amines) is 1. The van der Waals surface area contributed by atoms with Crippen LogP contribution in [-0.2, 0) is 49.1 Å². The van der Waals surface area contributed by atoms with Crippen molar-refractivity contribution in [2.45, 2.75) is 135 Å². The summed E-state index contributed by atoms with van der Waals surface area (Å²) in [4.78, 5) is 88.5. The van der Waals surface area contributed by atoms with Crippen molar-refractivity contribution in [2.75, 3.05) is 24.2 Å². The van der Waals surface area contributed by atoms with E-state index < -0.39 is 68.2 Å². The van der Waals surface area contributed by atoms with Crippen LogP contribution in [0.3, 0.4) is 0 Å². The van der Waals surface area contributed by atoms with Gasteiger partial charge in [-0.25, -0.2) is 27.2 Å². The van der Waals surface area contributed by atoms with Gasteiger partial charge in [-0.3, -0.25) is 24.0 Å². The number of hydrogen-bond donors (Lipinski definition) is 5. The number of H-pyrrole nitrogens is 1. The fraction of sp³-hybridized carbons (Fsp3) is 0.448. The minimum Gasteiger partial charge on any atom is -0.391 e. The van der Waals surface area contributed by atoms with Crippen LogP contribution in [-0.4, -0.2) is 105 Å². The Balaban J connectivity index is 0.747. The number of aliphatic imine (C=N–C) groups is 1. The van der Waals surface area contributed by atoms with Crippen LogP contribution in [0.15, 0.2) is 76.4 Å². The van der Waals surface area contributed by atoms with Crippen LogP contribution in [0, 0.1) is 24.0 Å². The number of anilines is 2. The lowest BCUT2D eigenvalue weighted by atomic mass is 9.85. The Kier molecular flexibility index (Phi) is 16.6. The van der Waals surface area contributed by atoms with E-state index in [-0.39, 0.29) is 60.2 Å². The van der Waals surface area contributed by atoms with Crippen molar-refractivity contribution < 1.29 is 41.5 Å². The molecule has 0 bridgehead atoms. The minimum atomic E-state index is -3.67. The van der Waals surface area contributed by atoms with Gasteiger partial charge in [0, 0.05) is 79.8 Å². The molecule has 9 rings (SSSR count). The predicted octanol–water partition coefficient (Wildman–Crippen LogP) is 8.01. The number of pyridine rings is 2. The summed E-state index contributed by atoms with van der Waals surface area (Å²) in [7, 11) is -2.09. The van der Waals surface area contributed by atoms with Gasteiger partial charge in [-0.15, -0.1) is 11.3 Å². The van der Waals surface area contributed by atoms with Crippen molar-refractivity contribution in [1.82, 2.24) is 40.4 Å². The fourth-order valence-corrected chi connectivity index (χ4v) is 12.7. The van der Waals surface area contributed by atoms with Gasteiger partial charge in [0.2, 0.25) is 11.8 Å². The van der Waals surface area contributed by atoms with E-state index in [1.54, 1.807) is 49.3 Å². The van der Waals surface area contributed by atoms with Crippen LogP contribution in [0.2, 0.25) is 0 Å². The van der Waals surface area contributed by atoms with Crippen molar-refractivity contribution >= 4 is 73.0 Å². The monoisotopic (exact) mass is 1130 g/mol. The second kappa shape index (κ2) is 23.1. The summed E-state index contributed by atoms with van der Waals surface area (Å²) in [5.74, 6) is -3.75. The zero-order valence-corrected chi connectivity index (χ0v) is 47.7. The maximum atomic E-state index is 15.6. The van der Waals surface area contributed by atoms with Crippen molar-refractivity contribution in [1.29, 1.82) is 0 Å². The fourth-order valence-electron chi connectivity index (χ4n) is 11.1. The molecule has 22 heteroatoms. The quantitative estimate of drug-likeness (QED) is 0.0457. The van der Waals surface area contributed by atoms with Crippen LogP contribution >= 0.6 is 11.3 Å². The molecule has 2 aromatic carbocycles. The molecule has 0 saturated carbocycles. The topological polar surface area (TPSA) is 241 Å². The number of aliphatic hydroxyl groups is 1. The number of halogens is 2. The standard InChI is InChI=1S/C58H68F2N10O8S2/c1-33-49(79-32-64-33)34-17-19-37(20-18-34)58(5)56(76)66-51(67-58)45-24-39(71)29-70(45)55(75)50(57(2,3)4)65-46(72)16-14-12-10-8-9-11-13-15-21-61-53(73)40-25-44-41(22-35(40)31-80(7,77)78)42-30-68(6)54(74)48-47(42)36(26-62-48)28-69(44)52-43(60)23-38(59)27-63-52/h17-20,22-23,25-27,30,32,39,45,50,62,71H,8-16,21,24,28-29,31H2,1-7H3,(H,61,73)(H,65,72)(H,66,67,76)/t39-,45+,50?,58+/m1/s1. The second-order valence-corrected chi connectivity index (χ2v) is 25.7. The number of carbonyl (C=O) groups excluding carboxylic acids is 4. The van der Waals surface area contributed by atoms with E-state index in [9.17, 15) is 41.9 Å². The molecule has 7 heterocycles. The molecule has 4 aromatic heterocycles. The highest BCUT2D eigenvalue weighted by molar-refractivity contribution is 7.89. The Hall–Kier alpha value is -7.17. The van der Waals surface area contributed by atoms with E-state index in [1.807, 2.05) is 52.0 Å². The van der Waals surface area contributed by atoms with Crippen LogP contribution in [0.5, 0.6) is 0 Å². The molecule has 1 fully saturated rings. The third kappa shape index (κ3) is 12.1. The summed E-state index contributed by atoms with van der Waals surface area (Å²) in [5.41, 5.74) is 4.75. The first kappa shape index (κ1) is 57.5. The van der Waals surface area contributed by atoms with Gasteiger partial charge in [0.15, 0.2) is 21.5 Å². The first-order valence-corrected chi connectivity index (χ1v) is 30.0. The molecule has 1 unspecified atom stereocenters. The Bertz CT molecular complexity index is 3590. The van der Waals surface area contributed by atoms with Crippen LogP contribution in [0.1, 0.15) is 125 Å². The number of thiazole rings is 1. The van der Waals surface area contributed by atoms with Gasteiger partial charge in [-0.05, 0) is 66.5 Å². The number of β-amino-alcohol motifs (C(OH)–C–C–N with tert-alkyl or cyclic N) is 1. The number of amides is 4. The third-order valence-corrected chi connectivity index (χ3v) is 17.1. The number of aromatic amines is 1. The van der Waals surface area contributed by atoms with Gasteiger partial charge in [0.1, 0.15) is 28.8 Å². The van der Waals surface area contributed by atoms with Gasteiger partial charge in [0.05, 0.1) is 52.4 Å². The summed E-state index contributed by atoms with van der Waals surface area (Å²) >= 11 is 1.54. The maximum absolute atomic E-state index is 15.6. The molecule has 3 aliphatic rings. The van der Waals surface area contributed by atoms with Gasteiger partial charge >= 0.3 is 0 Å². The number of fused-ring (bicyclic) bond motifs is 2. The number of rotatable bonds is 20. The number of unbranched alkanes of at least 4 members (excludes halogenated alkanes) is 7. The van der Waals surface area contributed by atoms with Crippen molar-refractivity contribution in [2.24, 2.45) is 17.5 Å². The van der Waals surface area contributed by atoms with E-state index >= 15 is 4.39 Å². The average Bonchev–Trinajstić information content (AvgIpc) is 4.32. The highest BCUT2D eigenvalue weighted by Gasteiger charge is 2.49. The number of carbonyl (C=O) groups is 4. The van der Waals surface area contributed by atoms with Crippen LogP contribution in [0.25, 0.3) is 32.5 Å². The first-order chi connectivity index (χ1) is 37.9. The molecule has 0 radical (unpaired) electrons. The molecule has 80 heavy (non-hydrogen) atoms. The molecule has 424 valence electrons. The Morgan fingerprint density at radius 2 is 1.68 bits per heavy atom. The summed E-state index contributed by atoms with van der Waals surface area (Å²) < 4.78 is 56.7. The van der Waals surface area contributed by atoms with Gasteiger partial charge in [-0.2, -0.15) is 4.99 Å². The highest BCUT2D eigenvalue weighted by atomic mass is 32.2. The van der Waals surface area contributed by atoms with Gasteiger partial charge < -0.3 is 40.4 Å². The molecule has 18 nitrogen and oxygen atoms in total. The Labute approximate surface area is 467 Å². The Morgan fingerprint density at radius 3 is 2.34 bits per heavy atom. The number of nitrogens with zero attached hydrogens (tertiary/aromatic N) is 6. The largest absolute Gasteiger partial charge is 0.391 e. The van der Waals surface area contributed by atoms with Crippen molar-refractivity contribution in [3.8, 4) is 21.6 Å². The summed E-state index contributed by atoms with van der Waals surface area (Å²) in [6, 6.07) is 9.89. The van der Waals surface area contributed by atoms with Crippen LogP contribution < -0.4 is 26.4 Å². The lowest BCUT2D eigenvalue weighted by Gasteiger charge is -2.36. The molecule has 5 N–H and O–H groups in total. The maximum Gasteiger partial charge on any atom is 0.277 e.